The van der Waals surface area contributed by atoms with Gasteiger partial charge in [0, 0.05) is 0 Å². The third-order valence-electron chi connectivity index (χ3n) is 3.25. The Hall–Kier alpha value is -1.42. The lowest BCUT2D eigenvalue weighted by atomic mass is 10.2. The molecule has 0 saturated carbocycles. The molecule has 1 aromatic carbocycles. The molecule has 3 rings (SSSR count). The maximum atomic E-state index is 12.4. The molecule has 4 heteroatoms. The number of dihydropyridines is 1. The number of sulfone groups is 1. The van der Waals surface area contributed by atoms with Gasteiger partial charge < -0.3 is 0 Å². The highest BCUT2D eigenvalue weighted by Gasteiger charge is 2.35. The predicted octanol–water partition coefficient (Wildman–Crippen LogP) is 2.27. The topological polar surface area (TPSA) is 46.5 Å². The van der Waals surface area contributed by atoms with E-state index >= 15 is 0 Å². The van der Waals surface area contributed by atoms with Gasteiger partial charge in [0.25, 0.3) is 0 Å². The van der Waals surface area contributed by atoms with Gasteiger partial charge in [-0.2, -0.15) is 0 Å². The summed E-state index contributed by atoms with van der Waals surface area (Å²) in [5.41, 5.74) is 1.95. The van der Waals surface area contributed by atoms with Gasteiger partial charge >= 0.3 is 0 Å². The molecule has 0 radical (unpaired) electrons. The monoisotopic (exact) mass is 247 g/mol. The Balaban J connectivity index is 2.06. The van der Waals surface area contributed by atoms with E-state index in [-0.39, 0.29) is 11.1 Å². The molecular formula is C13H13NO2S. The van der Waals surface area contributed by atoms with E-state index < -0.39 is 9.84 Å². The van der Waals surface area contributed by atoms with Crippen molar-refractivity contribution in [2.24, 2.45) is 4.99 Å². The van der Waals surface area contributed by atoms with Crippen LogP contribution in [0, 0.1) is 6.92 Å². The molecule has 2 bridgehead atoms. The molecule has 0 N–H and O–H groups in total. The van der Waals surface area contributed by atoms with E-state index in [4.69, 9.17) is 0 Å². The summed E-state index contributed by atoms with van der Waals surface area (Å²) < 4.78 is 24.7. The van der Waals surface area contributed by atoms with Crippen molar-refractivity contribution in [1.29, 1.82) is 0 Å². The Kier molecular flexibility index (Phi) is 2.23. The SMILES string of the molecule is Cc1ccc(S(=O)(=O)C2=NC3CC=C2C3)cc1. The molecule has 0 spiro atoms. The van der Waals surface area contributed by atoms with E-state index in [0.717, 1.165) is 24.0 Å². The van der Waals surface area contributed by atoms with Crippen molar-refractivity contribution in [3.05, 3.63) is 41.5 Å². The number of hydrogen-bond donors (Lipinski definition) is 0. The van der Waals surface area contributed by atoms with Crippen LogP contribution in [0.3, 0.4) is 0 Å². The minimum absolute atomic E-state index is 0.167. The van der Waals surface area contributed by atoms with Crippen LogP contribution in [0.1, 0.15) is 18.4 Å². The molecular weight excluding hydrogens is 234 g/mol. The molecule has 1 aromatic rings. The third kappa shape index (κ3) is 1.63. The van der Waals surface area contributed by atoms with Crippen molar-refractivity contribution < 1.29 is 8.42 Å². The van der Waals surface area contributed by atoms with Gasteiger partial charge in [-0.15, -0.1) is 0 Å². The zero-order valence-electron chi connectivity index (χ0n) is 9.55. The Bertz CT molecular complexity index is 624. The van der Waals surface area contributed by atoms with Gasteiger partial charge in [0.15, 0.2) is 5.04 Å². The summed E-state index contributed by atoms with van der Waals surface area (Å²) in [5.74, 6) is 0. The molecule has 1 unspecified atom stereocenters. The number of aliphatic imine (C=N–C) groups is 1. The summed E-state index contributed by atoms with van der Waals surface area (Å²) in [6.07, 6.45) is 3.68. The quantitative estimate of drug-likeness (QED) is 0.764. The second-order valence-corrected chi connectivity index (χ2v) is 6.44. The minimum Gasteiger partial charge on any atom is -0.269 e. The van der Waals surface area contributed by atoms with Gasteiger partial charge in [-0.1, -0.05) is 23.8 Å². The van der Waals surface area contributed by atoms with Crippen LogP contribution in [0.25, 0.3) is 0 Å². The summed E-state index contributed by atoms with van der Waals surface area (Å²) >= 11 is 0. The fourth-order valence-electron chi connectivity index (χ4n) is 2.29. The summed E-state index contributed by atoms with van der Waals surface area (Å²) in [7, 11) is -3.40. The second-order valence-electron chi connectivity index (χ2n) is 4.57. The maximum Gasteiger partial charge on any atom is 0.223 e. The summed E-state index contributed by atoms with van der Waals surface area (Å²) in [5, 5.41) is 0.289. The predicted molar refractivity (Wildman–Crippen MR) is 66.9 cm³/mol. The molecule has 0 amide bonds. The molecule has 1 aliphatic heterocycles. The van der Waals surface area contributed by atoms with Gasteiger partial charge in [-0.25, -0.2) is 8.42 Å². The van der Waals surface area contributed by atoms with Gasteiger partial charge in [0.05, 0.1) is 10.9 Å². The van der Waals surface area contributed by atoms with Gasteiger partial charge in [0.1, 0.15) is 0 Å². The van der Waals surface area contributed by atoms with Crippen LogP contribution < -0.4 is 0 Å². The van der Waals surface area contributed by atoms with Gasteiger partial charge in [-0.05, 0) is 37.5 Å². The Morgan fingerprint density at radius 1 is 1.24 bits per heavy atom. The van der Waals surface area contributed by atoms with Crippen LogP contribution in [0.15, 0.2) is 45.8 Å². The highest BCUT2D eigenvalue weighted by atomic mass is 32.2. The first-order valence-electron chi connectivity index (χ1n) is 5.66. The number of fused-ring (bicyclic) bond motifs is 2. The van der Waals surface area contributed by atoms with E-state index in [1.807, 2.05) is 25.1 Å². The summed E-state index contributed by atoms with van der Waals surface area (Å²) in [4.78, 5) is 4.63. The summed E-state index contributed by atoms with van der Waals surface area (Å²) in [6.45, 7) is 1.94. The molecule has 0 aromatic heterocycles. The van der Waals surface area contributed by atoms with Crippen molar-refractivity contribution in [3.63, 3.8) is 0 Å². The van der Waals surface area contributed by atoms with Crippen molar-refractivity contribution in [2.75, 3.05) is 0 Å². The third-order valence-corrected chi connectivity index (χ3v) is 5.02. The van der Waals surface area contributed by atoms with Gasteiger partial charge in [-0.3, -0.25) is 4.99 Å². The number of hydrogen-bond acceptors (Lipinski definition) is 3. The lowest BCUT2D eigenvalue weighted by Crippen LogP contribution is -2.15. The number of rotatable bonds is 1. The van der Waals surface area contributed by atoms with E-state index in [1.165, 1.54) is 0 Å². The van der Waals surface area contributed by atoms with Crippen molar-refractivity contribution in [1.82, 2.24) is 0 Å². The Morgan fingerprint density at radius 3 is 2.47 bits per heavy atom. The molecule has 1 aliphatic carbocycles. The minimum atomic E-state index is -3.40. The molecule has 17 heavy (non-hydrogen) atoms. The molecule has 0 fully saturated rings. The zero-order chi connectivity index (χ0) is 12.0. The summed E-state index contributed by atoms with van der Waals surface area (Å²) in [6, 6.07) is 7.10. The molecule has 88 valence electrons. The van der Waals surface area contributed by atoms with Crippen molar-refractivity contribution >= 4 is 14.9 Å². The average Bonchev–Trinajstić information content (AvgIpc) is 2.91. The fourth-order valence-corrected chi connectivity index (χ4v) is 3.81. The van der Waals surface area contributed by atoms with Crippen LogP contribution in [-0.4, -0.2) is 19.5 Å². The van der Waals surface area contributed by atoms with E-state index in [0.29, 0.717) is 4.90 Å². The highest BCUT2D eigenvalue weighted by molar-refractivity contribution is 8.07. The smallest absolute Gasteiger partial charge is 0.223 e. The lowest BCUT2D eigenvalue weighted by Gasteiger charge is -2.07. The molecule has 1 atom stereocenters. The first-order valence-corrected chi connectivity index (χ1v) is 7.14. The molecule has 3 nitrogen and oxygen atoms in total. The van der Waals surface area contributed by atoms with Crippen LogP contribution in [0.2, 0.25) is 0 Å². The van der Waals surface area contributed by atoms with E-state index in [2.05, 4.69) is 4.99 Å². The lowest BCUT2D eigenvalue weighted by molar-refractivity contribution is 0.607. The van der Waals surface area contributed by atoms with Gasteiger partial charge in [0.2, 0.25) is 9.84 Å². The van der Waals surface area contributed by atoms with E-state index in [9.17, 15) is 8.42 Å². The standard InChI is InChI=1S/C13H13NO2S/c1-9-2-6-12(7-3-9)17(15,16)13-10-4-5-11(8-10)14-13/h2-4,6-7,11H,5,8H2,1H3. The molecule has 0 saturated heterocycles. The molecule has 1 heterocycles. The number of benzene rings is 1. The zero-order valence-corrected chi connectivity index (χ0v) is 10.4. The number of aryl methyl sites for hydroxylation is 1. The average molecular weight is 247 g/mol. The highest BCUT2D eigenvalue weighted by Crippen LogP contribution is 2.34. The van der Waals surface area contributed by atoms with Crippen molar-refractivity contribution in [3.8, 4) is 0 Å². The first kappa shape index (κ1) is 10.7. The van der Waals surface area contributed by atoms with E-state index in [1.54, 1.807) is 12.1 Å². The fraction of sp³-hybridized carbons (Fsp3) is 0.308. The largest absolute Gasteiger partial charge is 0.269 e. The maximum absolute atomic E-state index is 12.4. The number of nitrogens with zero attached hydrogens (tertiary/aromatic N) is 1. The van der Waals surface area contributed by atoms with Crippen LogP contribution in [0.5, 0.6) is 0 Å². The Labute approximate surface area is 101 Å². The Morgan fingerprint density at radius 2 is 1.94 bits per heavy atom. The van der Waals surface area contributed by atoms with Crippen LogP contribution in [-0.2, 0) is 9.84 Å². The van der Waals surface area contributed by atoms with Crippen LogP contribution >= 0.6 is 0 Å². The first-order chi connectivity index (χ1) is 8.07. The normalized spacial score (nSPS) is 22.5. The van der Waals surface area contributed by atoms with Crippen molar-refractivity contribution in [2.45, 2.75) is 30.7 Å². The molecule has 2 aliphatic rings. The second kappa shape index (κ2) is 3.53. The van der Waals surface area contributed by atoms with Crippen LogP contribution in [0.4, 0.5) is 0 Å².